The Morgan fingerprint density at radius 3 is 2.90 bits per heavy atom. The van der Waals surface area contributed by atoms with E-state index in [0.717, 1.165) is 25.1 Å². The summed E-state index contributed by atoms with van der Waals surface area (Å²) in [5.41, 5.74) is 1.27. The van der Waals surface area contributed by atoms with Gasteiger partial charge in [-0.1, -0.05) is 12.8 Å². The average molecular weight is 290 g/mol. The SMILES string of the molecule is Cc1cc(C(=O)NC[C@@H]2CC(=O)N(C3CCCC3)C2)n[nH]1. The van der Waals surface area contributed by atoms with Crippen molar-refractivity contribution in [1.29, 1.82) is 0 Å². The third-order valence-corrected chi connectivity index (χ3v) is 4.49. The molecule has 6 heteroatoms. The van der Waals surface area contributed by atoms with Gasteiger partial charge < -0.3 is 10.2 Å². The number of nitrogens with zero attached hydrogens (tertiary/aromatic N) is 2. The molecule has 0 bridgehead atoms. The van der Waals surface area contributed by atoms with E-state index in [9.17, 15) is 9.59 Å². The van der Waals surface area contributed by atoms with E-state index < -0.39 is 0 Å². The van der Waals surface area contributed by atoms with Crippen molar-refractivity contribution in [2.45, 2.75) is 45.1 Å². The van der Waals surface area contributed by atoms with Gasteiger partial charge >= 0.3 is 0 Å². The van der Waals surface area contributed by atoms with Gasteiger partial charge in [0.05, 0.1) is 0 Å². The van der Waals surface area contributed by atoms with Crippen molar-refractivity contribution in [3.63, 3.8) is 0 Å². The van der Waals surface area contributed by atoms with E-state index in [1.165, 1.54) is 12.8 Å². The van der Waals surface area contributed by atoms with E-state index in [1.807, 2.05) is 11.8 Å². The number of nitrogens with one attached hydrogen (secondary N) is 2. The molecule has 1 saturated carbocycles. The Bertz CT molecular complexity index is 534. The van der Waals surface area contributed by atoms with Gasteiger partial charge in [0.25, 0.3) is 5.91 Å². The van der Waals surface area contributed by atoms with Gasteiger partial charge in [0, 0.05) is 37.2 Å². The summed E-state index contributed by atoms with van der Waals surface area (Å²) in [5, 5.41) is 9.58. The second-order valence-electron chi connectivity index (χ2n) is 6.20. The van der Waals surface area contributed by atoms with Gasteiger partial charge in [-0.15, -0.1) is 0 Å². The highest BCUT2D eigenvalue weighted by Gasteiger charge is 2.35. The topological polar surface area (TPSA) is 78.1 Å². The van der Waals surface area contributed by atoms with Crippen LogP contribution in [0.3, 0.4) is 0 Å². The van der Waals surface area contributed by atoms with Crippen molar-refractivity contribution in [3.8, 4) is 0 Å². The maximum atomic E-state index is 12.1. The van der Waals surface area contributed by atoms with Crippen LogP contribution in [0.25, 0.3) is 0 Å². The predicted molar refractivity (Wildman–Crippen MR) is 77.7 cm³/mol. The first kappa shape index (κ1) is 14.1. The van der Waals surface area contributed by atoms with E-state index in [-0.39, 0.29) is 17.7 Å². The van der Waals surface area contributed by atoms with Crippen LogP contribution in [0.2, 0.25) is 0 Å². The first-order chi connectivity index (χ1) is 10.1. The molecule has 2 heterocycles. The Morgan fingerprint density at radius 1 is 1.48 bits per heavy atom. The number of hydrogen-bond donors (Lipinski definition) is 2. The fourth-order valence-corrected chi connectivity index (χ4v) is 3.38. The normalized spacial score (nSPS) is 23.0. The largest absolute Gasteiger partial charge is 0.350 e. The summed E-state index contributed by atoms with van der Waals surface area (Å²) < 4.78 is 0. The highest BCUT2D eigenvalue weighted by Crippen LogP contribution is 2.29. The number of aromatic nitrogens is 2. The lowest BCUT2D eigenvalue weighted by Gasteiger charge is -2.24. The van der Waals surface area contributed by atoms with E-state index in [2.05, 4.69) is 15.5 Å². The lowest BCUT2D eigenvalue weighted by molar-refractivity contribution is -0.129. The highest BCUT2D eigenvalue weighted by molar-refractivity contribution is 5.92. The molecule has 0 radical (unpaired) electrons. The molecule has 114 valence electrons. The molecular formula is C15H22N4O2. The van der Waals surface area contributed by atoms with Gasteiger partial charge in [-0.25, -0.2) is 0 Å². The number of H-pyrrole nitrogens is 1. The molecule has 2 amide bonds. The number of amides is 2. The number of carbonyl (C=O) groups is 2. The highest BCUT2D eigenvalue weighted by atomic mass is 16.2. The predicted octanol–water partition coefficient (Wildman–Crippen LogP) is 1.24. The minimum Gasteiger partial charge on any atom is -0.350 e. The van der Waals surface area contributed by atoms with Crippen LogP contribution in [-0.2, 0) is 4.79 Å². The molecule has 0 unspecified atom stereocenters. The number of hydrogen-bond acceptors (Lipinski definition) is 3. The van der Waals surface area contributed by atoms with Gasteiger partial charge in [-0.2, -0.15) is 5.10 Å². The summed E-state index contributed by atoms with van der Waals surface area (Å²) in [4.78, 5) is 26.1. The van der Waals surface area contributed by atoms with E-state index in [1.54, 1.807) is 6.07 Å². The van der Waals surface area contributed by atoms with Crippen molar-refractivity contribution < 1.29 is 9.59 Å². The molecule has 1 saturated heterocycles. The molecule has 1 atom stereocenters. The first-order valence-corrected chi connectivity index (χ1v) is 7.73. The zero-order valence-corrected chi connectivity index (χ0v) is 12.4. The van der Waals surface area contributed by atoms with Crippen molar-refractivity contribution in [3.05, 3.63) is 17.5 Å². The number of aromatic amines is 1. The van der Waals surface area contributed by atoms with Crippen LogP contribution >= 0.6 is 0 Å². The monoisotopic (exact) mass is 290 g/mol. The van der Waals surface area contributed by atoms with Gasteiger partial charge in [-0.3, -0.25) is 14.7 Å². The summed E-state index contributed by atoms with van der Waals surface area (Å²) >= 11 is 0. The molecule has 2 fully saturated rings. The second-order valence-corrected chi connectivity index (χ2v) is 6.20. The quantitative estimate of drug-likeness (QED) is 0.875. The molecule has 21 heavy (non-hydrogen) atoms. The number of rotatable bonds is 4. The maximum Gasteiger partial charge on any atom is 0.271 e. The third kappa shape index (κ3) is 3.09. The molecule has 2 N–H and O–H groups in total. The zero-order valence-electron chi connectivity index (χ0n) is 12.4. The summed E-state index contributed by atoms with van der Waals surface area (Å²) in [6, 6.07) is 2.16. The second kappa shape index (κ2) is 5.87. The fraction of sp³-hybridized carbons (Fsp3) is 0.667. The van der Waals surface area contributed by atoms with Crippen LogP contribution in [0.5, 0.6) is 0 Å². The van der Waals surface area contributed by atoms with Crippen LogP contribution in [0.1, 0.15) is 48.3 Å². The maximum absolute atomic E-state index is 12.1. The molecule has 1 aliphatic heterocycles. The Hall–Kier alpha value is -1.85. The minimum absolute atomic E-state index is 0.175. The minimum atomic E-state index is -0.175. The fourth-order valence-electron chi connectivity index (χ4n) is 3.38. The molecule has 1 aromatic heterocycles. The zero-order chi connectivity index (χ0) is 14.8. The average Bonchev–Trinajstić information content (AvgIpc) is 3.16. The summed E-state index contributed by atoms with van der Waals surface area (Å²) in [6.07, 6.45) is 5.29. The number of aryl methyl sites for hydroxylation is 1. The molecule has 2 aliphatic rings. The third-order valence-electron chi connectivity index (χ3n) is 4.49. The van der Waals surface area contributed by atoms with E-state index in [0.29, 0.717) is 24.7 Å². The van der Waals surface area contributed by atoms with Crippen LogP contribution in [-0.4, -0.2) is 46.0 Å². The van der Waals surface area contributed by atoms with Gasteiger partial charge in [0.15, 0.2) is 0 Å². The van der Waals surface area contributed by atoms with Gasteiger partial charge in [0.2, 0.25) is 5.91 Å². The first-order valence-electron chi connectivity index (χ1n) is 7.73. The molecule has 0 aromatic carbocycles. The Kier molecular flexibility index (Phi) is 3.94. The lowest BCUT2D eigenvalue weighted by atomic mass is 10.1. The molecule has 0 spiro atoms. The molecule has 3 rings (SSSR count). The number of likely N-dealkylation sites (tertiary alicyclic amines) is 1. The van der Waals surface area contributed by atoms with Gasteiger partial charge in [-0.05, 0) is 25.8 Å². The van der Waals surface area contributed by atoms with Crippen molar-refractivity contribution in [2.75, 3.05) is 13.1 Å². The van der Waals surface area contributed by atoms with Crippen LogP contribution in [0.4, 0.5) is 0 Å². The van der Waals surface area contributed by atoms with Crippen LogP contribution < -0.4 is 5.32 Å². The van der Waals surface area contributed by atoms with Crippen molar-refractivity contribution in [1.82, 2.24) is 20.4 Å². The Morgan fingerprint density at radius 2 is 2.24 bits per heavy atom. The van der Waals surface area contributed by atoms with E-state index >= 15 is 0 Å². The van der Waals surface area contributed by atoms with Gasteiger partial charge in [0.1, 0.15) is 5.69 Å². The standard InChI is InChI=1S/C15H22N4O2/c1-10-6-13(18-17-10)15(21)16-8-11-7-14(20)19(9-11)12-4-2-3-5-12/h6,11-12H,2-5,7-9H2,1H3,(H,16,21)(H,17,18)/t11-/m0/s1. The summed E-state index contributed by atoms with van der Waals surface area (Å²) in [5.74, 6) is 0.296. The smallest absolute Gasteiger partial charge is 0.271 e. The summed E-state index contributed by atoms with van der Waals surface area (Å²) in [7, 11) is 0. The van der Waals surface area contributed by atoms with Crippen LogP contribution in [0.15, 0.2) is 6.07 Å². The molecule has 1 aliphatic carbocycles. The van der Waals surface area contributed by atoms with Crippen molar-refractivity contribution >= 4 is 11.8 Å². The number of carbonyl (C=O) groups excluding carboxylic acids is 2. The molecule has 6 nitrogen and oxygen atoms in total. The molecule has 1 aromatic rings. The summed E-state index contributed by atoms with van der Waals surface area (Å²) in [6.45, 7) is 3.18. The Balaban J connectivity index is 1.50. The van der Waals surface area contributed by atoms with E-state index in [4.69, 9.17) is 0 Å². The van der Waals surface area contributed by atoms with Crippen molar-refractivity contribution in [2.24, 2.45) is 5.92 Å². The lowest BCUT2D eigenvalue weighted by Crippen LogP contribution is -2.36. The Labute approximate surface area is 124 Å². The molecular weight excluding hydrogens is 268 g/mol. The van der Waals surface area contributed by atoms with Crippen LogP contribution in [0, 0.1) is 12.8 Å².